The number of hydrogen-bond donors (Lipinski definition) is 2. The fraction of sp³-hybridized carbons (Fsp3) is 0.500. The van der Waals surface area contributed by atoms with E-state index in [0.717, 1.165) is 5.69 Å². The van der Waals surface area contributed by atoms with Crippen molar-refractivity contribution < 1.29 is 14.7 Å². The Morgan fingerprint density at radius 1 is 1.62 bits per heavy atom. The molecular formula is C10H15N3O3. The van der Waals surface area contributed by atoms with E-state index >= 15 is 0 Å². The molecule has 0 spiro atoms. The molecule has 88 valence electrons. The molecule has 1 atom stereocenters. The zero-order chi connectivity index (χ0) is 12.3. The lowest BCUT2D eigenvalue weighted by Gasteiger charge is -2.20. The minimum atomic E-state index is -1.52. The van der Waals surface area contributed by atoms with Gasteiger partial charge in [0.15, 0.2) is 0 Å². The van der Waals surface area contributed by atoms with E-state index in [4.69, 9.17) is 10.8 Å². The summed E-state index contributed by atoms with van der Waals surface area (Å²) in [6, 6.07) is 1.78. The number of hydrogen-bond acceptors (Lipinski definition) is 3. The first-order chi connectivity index (χ1) is 7.38. The van der Waals surface area contributed by atoms with Gasteiger partial charge in [0.05, 0.1) is 0 Å². The number of aryl methyl sites for hydroxylation is 2. The number of carboxylic acids is 1. The lowest BCUT2D eigenvalue weighted by Crippen LogP contribution is -2.41. The molecule has 6 nitrogen and oxygen atoms in total. The molecule has 1 heterocycles. The van der Waals surface area contributed by atoms with Crippen molar-refractivity contribution in [1.29, 1.82) is 0 Å². The van der Waals surface area contributed by atoms with Gasteiger partial charge < -0.3 is 10.8 Å². The SMILES string of the molecule is Cn1nccc1CCC(C)(C(N)=O)C(=O)O. The molecule has 16 heavy (non-hydrogen) atoms. The van der Waals surface area contributed by atoms with Gasteiger partial charge in [-0.1, -0.05) is 0 Å². The Morgan fingerprint density at radius 3 is 2.62 bits per heavy atom. The summed E-state index contributed by atoms with van der Waals surface area (Å²) in [5.74, 6) is -2.01. The van der Waals surface area contributed by atoms with Gasteiger partial charge in [0.25, 0.3) is 0 Å². The minimum absolute atomic E-state index is 0.164. The summed E-state index contributed by atoms with van der Waals surface area (Å²) < 4.78 is 1.64. The minimum Gasteiger partial charge on any atom is -0.480 e. The first-order valence-electron chi connectivity index (χ1n) is 4.88. The number of nitrogens with two attached hydrogens (primary N) is 1. The van der Waals surface area contributed by atoms with Crippen molar-refractivity contribution in [1.82, 2.24) is 9.78 Å². The van der Waals surface area contributed by atoms with Crippen molar-refractivity contribution in [3.05, 3.63) is 18.0 Å². The average Bonchev–Trinajstić information content (AvgIpc) is 2.59. The van der Waals surface area contributed by atoms with E-state index in [0.29, 0.717) is 6.42 Å². The number of rotatable bonds is 5. The second kappa shape index (κ2) is 4.34. The number of carboxylic acid groups (broad SMARTS) is 1. The number of amides is 1. The zero-order valence-corrected chi connectivity index (χ0v) is 9.30. The molecule has 1 rings (SSSR count). The number of carbonyl (C=O) groups is 2. The normalized spacial score (nSPS) is 14.4. The zero-order valence-electron chi connectivity index (χ0n) is 9.30. The molecule has 0 saturated carbocycles. The van der Waals surface area contributed by atoms with Crippen molar-refractivity contribution in [2.75, 3.05) is 0 Å². The molecule has 3 N–H and O–H groups in total. The van der Waals surface area contributed by atoms with Crippen LogP contribution in [0.4, 0.5) is 0 Å². The highest BCUT2D eigenvalue weighted by Gasteiger charge is 2.39. The number of primary amides is 1. The summed E-state index contributed by atoms with van der Waals surface area (Å²) in [6.07, 6.45) is 2.23. The maximum Gasteiger partial charge on any atom is 0.318 e. The van der Waals surface area contributed by atoms with Gasteiger partial charge >= 0.3 is 5.97 Å². The Kier molecular flexibility index (Phi) is 3.31. The maximum absolute atomic E-state index is 11.1. The molecule has 0 aliphatic rings. The van der Waals surface area contributed by atoms with Gasteiger partial charge in [0.2, 0.25) is 5.91 Å². The molecular weight excluding hydrogens is 210 g/mol. The van der Waals surface area contributed by atoms with Crippen molar-refractivity contribution in [3.63, 3.8) is 0 Å². The van der Waals surface area contributed by atoms with Gasteiger partial charge in [-0.3, -0.25) is 14.3 Å². The van der Waals surface area contributed by atoms with E-state index in [2.05, 4.69) is 5.10 Å². The molecule has 0 radical (unpaired) electrons. The van der Waals surface area contributed by atoms with Gasteiger partial charge in [0.1, 0.15) is 5.41 Å². The van der Waals surface area contributed by atoms with Crippen LogP contribution in [-0.2, 0) is 23.1 Å². The molecule has 1 aromatic heterocycles. The summed E-state index contributed by atoms with van der Waals surface area (Å²) in [4.78, 5) is 22.1. The molecule has 1 unspecified atom stereocenters. The monoisotopic (exact) mass is 225 g/mol. The fourth-order valence-electron chi connectivity index (χ4n) is 1.36. The molecule has 0 saturated heterocycles. The molecule has 0 aliphatic carbocycles. The van der Waals surface area contributed by atoms with Crippen LogP contribution in [0.25, 0.3) is 0 Å². The number of aromatic nitrogens is 2. The summed E-state index contributed by atoms with van der Waals surface area (Å²) in [5.41, 5.74) is 4.45. The quantitative estimate of drug-likeness (QED) is 0.685. The molecule has 0 aromatic carbocycles. The molecule has 6 heteroatoms. The van der Waals surface area contributed by atoms with Gasteiger partial charge in [-0.2, -0.15) is 5.10 Å². The fourth-order valence-corrected chi connectivity index (χ4v) is 1.36. The van der Waals surface area contributed by atoms with Crippen LogP contribution < -0.4 is 5.73 Å². The van der Waals surface area contributed by atoms with Gasteiger partial charge in [-0.05, 0) is 25.8 Å². The molecule has 1 amide bonds. The van der Waals surface area contributed by atoms with Crippen LogP contribution in [0.2, 0.25) is 0 Å². The van der Waals surface area contributed by atoms with E-state index in [-0.39, 0.29) is 6.42 Å². The third-order valence-electron chi connectivity index (χ3n) is 2.82. The van der Waals surface area contributed by atoms with Crippen LogP contribution in [0.3, 0.4) is 0 Å². The largest absolute Gasteiger partial charge is 0.480 e. The number of nitrogens with zero attached hydrogens (tertiary/aromatic N) is 2. The first-order valence-corrected chi connectivity index (χ1v) is 4.88. The van der Waals surface area contributed by atoms with Crippen LogP contribution in [0.15, 0.2) is 12.3 Å². The van der Waals surface area contributed by atoms with E-state index < -0.39 is 17.3 Å². The second-order valence-corrected chi connectivity index (χ2v) is 3.95. The Labute approximate surface area is 93.1 Å². The smallest absolute Gasteiger partial charge is 0.318 e. The summed E-state index contributed by atoms with van der Waals surface area (Å²) >= 11 is 0. The standard InChI is InChI=1S/C10H15N3O3/c1-10(8(11)14,9(15)16)5-3-7-4-6-12-13(7)2/h4,6H,3,5H2,1-2H3,(H2,11,14)(H,15,16). The average molecular weight is 225 g/mol. The third kappa shape index (κ3) is 2.21. The van der Waals surface area contributed by atoms with Gasteiger partial charge in [0, 0.05) is 18.9 Å². The highest BCUT2D eigenvalue weighted by molar-refractivity contribution is 6.00. The van der Waals surface area contributed by atoms with E-state index in [9.17, 15) is 9.59 Å². The lowest BCUT2D eigenvalue weighted by molar-refractivity contribution is -0.153. The number of carbonyl (C=O) groups excluding carboxylic acids is 1. The van der Waals surface area contributed by atoms with E-state index in [1.165, 1.54) is 6.92 Å². The Bertz CT molecular complexity index is 397. The topological polar surface area (TPSA) is 98.2 Å². The van der Waals surface area contributed by atoms with Crippen molar-refractivity contribution in [2.24, 2.45) is 18.2 Å². The first kappa shape index (κ1) is 12.2. The highest BCUT2D eigenvalue weighted by atomic mass is 16.4. The van der Waals surface area contributed by atoms with Crippen LogP contribution in [0.1, 0.15) is 19.0 Å². The van der Waals surface area contributed by atoms with Crippen molar-refractivity contribution >= 4 is 11.9 Å². The summed E-state index contributed by atoms with van der Waals surface area (Å²) in [5, 5.41) is 12.9. The van der Waals surface area contributed by atoms with Crippen molar-refractivity contribution in [2.45, 2.75) is 19.8 Å². The van der Waals surface area contributed by atoms with Crippen LogP contribution in [0, 0.1) is 5.41 Å². The molecule has 0 fully saturated rings. The van der Waals surface area contributed by atoms with Crippen LogP contribution in [-0.4, -0.2) is 26.8 Å². The Balaban J connectivity index is 2.76. The molecule has 0 aliphatic heterocycles. The van der Waals surface area contributed by atoms with E-state index in [1.807, 2.05) is 0 Å². The van der Waals surface area contributed by atoms with Gasteiger partial charge in [-0.25, -0.2) is 0 Å². The Morgan fingerprint density at radius 2 is 2.25 bits per heavy atom. The van der Waals surface area contributed by atoms with E-state index in [1.54, 1.807) is 24.0 Å². The number of aliphatic carboxylic acids is 1. The lowest BCUT2D eigenvalue weighted by atomic mass is 9.84. The predicted octanol–water partition coefficient (Wildman–Crippen LogP) is -0.0711. The maximum atomic E-state index is 11.1. The molecule has 0 bridgehead atoms. The summed E-state index contributed by atoms with van der Waals surface area (Å²) in [7, 11) is 1.76. The Hall–Kier alpha value is -1.85. The second-order valence-electron chi connectivity index (χ2n) is 3.95. The molecule has 1 aromatic rings. The third-order valence-corrected chi connectivity index (χ3v) is 2.82. The van der Waals surface area contributed by atoms with Crippen LogP contribution >= 0.6 is 0 Å². The predicted molar refractivity (Wildman–Crippen MR) is 56.5 cm³/mol. The van der Waals surface area contributed by atoms with Gasteiger partial charge in [-0.15, -0.1) is 0 Å². The summed E-state index contributed by atoms with van der Waals surface area (Å²) in [6.45, 7) is 1.34. The highest BCUT2D eigenvalue weighted by Crippen LogP contribution is 2.23. The van der Waals surface area contributed by atoms with Crippen molar-refractivity contribution in [3.8, 4) is 0 Å². The van der Waals surface area contributed by atoms with Crippen LogP contribution in [0.5, 0.6) is 0 Å².